The van der Waals surface area contributed by atoms with E-state index in [-0.39, 0.29) is 18.4 Å². The number of hydrogen-bond acceptors (Lipinski definition) is 4. The van der Waals surface area contributed by atoms with Gasteiger partial charge in [0, 0.05) is 12.2 Å². The van der Waals surface area contributed by atoms with Gasteiger partial charge in [0.25, 0.3) is 0 Å². The second-order valence-electron chi connectivity index (χ2n) is 10.1. The first kappa shape index (κ1) is 34.5. The quantitative estimate of drug-likeness (QED) is 0.103. The smallest absolute Gasteiger partial charge is 0.333 e. The minimum Gasteiger partial charge on any atom is -1.00 e. The van der Waals surface area contributed by atoms with E-state index in [2.05, 4.69) is 13.5 Å². The molecule has 0 bridgehead atoms. The zero-order valence-electron chi connectivity index (χ0n) is 22.2. The van der Waals surface area contributed by atoms with Gasteiger partial charge < -0.3 is 31.5 Å². The first-order valence-corrected chi connectivity index (χ1v) is 13.2. The highest BCUT2D eigenvalue weighted by Gasteiger charge is 2.21. The van der Waals surface area contributed by atoms with Crippen molar-refractivity contribution >= 4 is 5.97 Å². The molecule has 0 saturated carbocycles. The van der Waals surface area contributed by atoms with Crippen molar-refractivity contribution in [3.05, 3.63) is 12.2 Å². The molecular weight excluding hydrogens is 438 g/mol. The van der Waals surface area contributed by atoms with Gasteiger partial charge in [-0.1, -0.05) is 97.0 Å². The molecule has 0 aromatic heterocycles. The zero-order valence-corrected chi connectivity index (χ0v) is 23.0. The molecule has 1 N–H and O–H groups in total. The minimum absolute atomic E-state index is 0. The van der Waals surface area contributed by atoms with Crippen LogP contribution in [0.2, 0.25) is 0 Å². The topological polar surface area (TPSA) is 55.8 Å². The Hall–Kier alpha value is -0.620. The van der Waals surface area contributed by atoms with E-state index < -0.39 is 6.10 Å². The van der Waals surface area contributed by atoms with Crippen LogP contribution in [0.5, 0.6) is 0 Å². The standard InChI is InChI=1S/C27H54NO4.ClH/c1-6-7-8-9-10-11-12-13-14-15-16-17-18-19-21-31-24-26(29)23-28(4,5)20-22-32-27(30)25(2)3;/h26,29H,2,6-24H2,1,3-5H3;1H/q+1;/p-1. The normalized spacial score (nSPS) is 12.3. The fourth-order valence-electron chi connectivity index (χ4n) is 3.84. The fraction of sp³-hybridized carbons (Fsp3) is 0.889. The number of unbranched alkanes of at least 4 members (excludes halogenated alkanes) is 13. The second-order valence-corrected chi connectivity index (χ2v) is 10.1. The van der Waals surface area contributed by atoms with Crippen LogP contribution in [0.1, 0.15) is 104 Å². The summed E-state index contributed by atoms with van der Waals surface area (Å²) in [5.41, 5.74) is 0.409. The Labute approximate surface area is 211 Å². The zero-order chi connectivity index (χ0) is 24.1. The number of hydrogen-bond donors (Lipinski definition) is 1. The third kappa shape index (κ3) is 24.3. The molecule has 0 rings (SSSR count). The van der Waals surface area contributed by atoms with Gasteiger partial charge in [0.1, 0.15) is 25.8 Å². The molecule has 0 saturated heterocycles. The van der Waals surface area contributed by atoms with Crippen LogP contribution in [-0.4, -0.2) is 68.7 Å². The van der Waals surface area contributed by atoms with Gasteiger partial charge in [-0.25, -0.2) is 4.79 Å². The SMILES string of the molecule is C=C(C)C(=O)OCC[N+](C)(C)CC(O)COCCCCCCCCCCCCCCCC.[Cl-]. The molecule has 0 fully saturated rings. The lowest BCUT2D eigenvalue weighted by atomic mass is 10.0. The summed E-state index contributed by atoms with van der Waals surface area (Å²) >= 11 is 0. The van der Waals surface area contributed by atoms with E-state index in [0.29, 0.717) is 36.4 Å². The van der Waals surface area contributed by atoms with Crippen molar-refractivity contribution < 1.29 is 36.3 Å². The van der Waals surface area contributed by atoms with Crippen molar-refractivity contribution in [2.24, 2.45) is 0 Å². The third-order valence-electron chi connectivity index (χ3n) is 5.94. The summed E-state index contributed by atoms with van der Waals surface area (Å²) in [4.78, 5) is 11.4. The number of aliphatic hydroxyl groups excluding tert-OH is 1. The molecule has 0 heterocycles. The minimum atomic E-state index is -0.506. The van der Waals surface area contributed by atoms with E-state index in [4.69, 9.17) is 9.47 Å². The molecule has 0 aromatic carbocycles. The molecule has 0 aliphatic carbocycles. The van der Waals surface area contributed by atoms with Gasteiger partial charge in [-0.2, -0.15) is 0 Å². The molecule has 1 unspecified atom stereocenters. The highest BCUT2D eigenvalue weighted by atomic mass is 35.5. The average Bonchev–Trinajstić information content (AvgIpc) is 2.72. The molecule has 6 heteroatoms. The first-order valence-electron chi connectivity index (χ1n) is 13.2. The summed E-state index contributed by atoms with van der Waals surface area (Å²) in [7, 11) is 4.04. The van der Waals surface area contributed by atoms with E-state index in [9.17, 15) is 9.90 Å². The summed E-state index contributed by atoms with van der Waals surface area (Å²) in [6.45, 7) is 10.1. The van der Waals surface area contributed by atoms with E-state index >= 15 is 0 Å². The largest absolute Gasteiger partial charge is 1.00 e. The number of rotatable bonds is 23. The number of esters is 1. The number of nitrogens with zero attached hydrogens (tertiary/aromatic N) is 1. The lowest BCUT2D eigenvalue weighted by molar-refractivity contribution is -0.893. The molecule has 0 amide bonds. The van der Waals surface area contributed by atoms with E-state index in [0.717, 1.165) is 13.0 Å². The Balaban J connectivity index is 0. The third-order valence-corrected chi connectivity index (χ3v) is 5.94. The highest BCUT2D eigenvalue weighted by molar-refractivity contribution is 5.86. The molecule has 198 valence electrons. The lowest BCUT2D eigenvalue weighted by Crippen LogP contribution is -3.00. The van der Waals surface area contributed by atoms with Gasteiger partial charge in [0.15, 0.2) is 0 Å². The molecule has 33 heavy (non-hydrogen) atoms. The van der Waals surface area contributed by atoms with Crippen molar-refractivity contribution in [2.45, 2.75) is 110 Å². The van der Waals surface area contributed by atoms with E-state index in [1.807, 2.05) is 14.1 Å². The first-order chi connectivity index (χ1) is 15.3. The van der Waals surface area contributed by atoms with Crippen molar-refractivity contribution in [2.75, 3.05) is 47.0 Å². The van der Waals surface area contributed by atoms with Gasteiger partial charge >= 0.3 is 5.97 Å². The van der Waals surface area contributed by atoms with Crippen LogP contribution in [0.4, 0.5) is 0 Å². The van der Waals surface area contributed by atoms with Crippen molar-refractivity contribution in [1.82, 2.24) is 0 Å². The number of aliphatic hydroxyl groups is 1. The number of halogens is 1. The number of ether oxygens (including phenoxy) is 2. The summed E-state index contributed by atoms with van der Waals surface area (Å²) in [6.07, 6.45) is 18.4. The lowest BCUT2D eigenvalue weighted by Gasteiger charge is -2.31. The summed E-state index contributed by atoms with van der Waals surface area (Å²) in [5, 5.41) is 10.2. The van der Waals surface area contributed by atoms with Crippen molar-refractivity contribution in [1.29, 1.82) is 0 Å². The Morgan fingerprint density at radius 3 is 1.76 bits per heavy atom. The maximum Gasteiger partial charge on any atom is 0.333 e. The molecule has 0 aliphatic rings. The van der Waals surface area contributed by atoms with Gasteiger partial charge in [-0.15, -0.1) is 0 Å². The van der Waals surface area contributed by atoms with Gasteiger partial charge in [-0.3, -0.25) is 0 Å². The average molecular weight is 492 g/mol. The van der Waals surface area contributed by atoms with Crippen LogP contribution in [0.3, 0.4) is 0 Å². The molecule has 0 spiro atoms. The molecule has 0 aromatic rings. The summed E-state index contributed by atoms with van der Waals surface area (Å²) < 4.78 is 11.4. The number of carbonyl (C=O) groups excluding carboxylic acids is 1. The molecule has 1 atom stereocenters. The van der Waals surface area contributed by atoms with Crippen molar-refractivity contribution in [3.8, 4) is 0 Å². The Morgan fingerprint density at radius 1 is 0.848 bits per heavy atom. The predicted molar refractivity (Wildman–Crippen MR) is 135 cm³/mol. The number of quaternary nitrogens is 1. The summed E-state index contributed by atoms with van der Waals surface area (Å²) in [6, 6.07) is 0. The van der Waals surface area contributed by atoms with Gasteiger partial charge in [-0.05, 0) is 13.3 Å². The number of likely N-dealkylation sites (N-methyl/N-ethyl adjacent to an activating group) is 1. The van der Waals surface area contributed by atoms with Gasteiger partial charge in [0.2, 0.25) is 0 Å². The molecular formula is C27H54ClNO4. The molecule has 5 nitrogen and oxygen atoms in total. The molecule has 0 radical (unpaired) electrons. The van der Waals surface area contributed by atoms with Crippen molar-refractivity contribution in [3.63, 3.8) is 0 Å². The van der Waals surface area contributed by atoms with E-state index in [1.165, 1.54) is 83.5 Å². The predicted octanol–water partition coefficient (Wildman–Crippen LogP) is 3.04. The Kier molecular flexibility index (Phi) is 24.2. The molecule has 0 aliphatic heterocycles. The Morgan fingerprint density at radius 2 is 1.30 bits per heavy atom. The second kappa shape index (κ2) is 23.1. The maximum atomic E-state index is 11.4. The number of carbonyl (C=O) groups is 1. The van der Waals surface area contributed by atoms with Crippen LogP contribution in [-0.2, 0) is 14.3 Å². The Bertz CT molecular complexity index is 471. The monoisotopic (exact) mass is 491 g/mol. The van der Waals surface area contributed by atoms with Crippen LogP contribution in [0, 0.1) is 0 Å². The highest BCUT2D eigenvalue weighted by Crippen LogP contribution is 2.13. The van der Waals surface area contributed by atoms with E-state index in [1.54, 1.807) is 6.92 Å². The summed E-state index contributed by atoms with van der Waals surface area (Å²) in [5.74, 6) is -0.359. The fourth-order valence-corrected chi connectivity index (χ4v) is 3.84. The van der Waals surface area contributed by atoms with Gasteiger partial charge in [0.05, 0.1) is 20.7 Å². The maximum absolute atomic E-state index is 11.4. The van der Waals surface area contributed by atoms with Crippen LogP contribution in [0.15, 0.2) is 12.2 Å². The van der Waals surface area contributed by atoms with Crippen LogP contribution in [0.25, 0.3) is 0 Å². The van der Waals surface area contributed by atoms with Crippen LogP contribution >= 0.6 is 0 Å². The van der Waals surface area contributed by atoms with Crippen LogP contribution < -0.4 is 12.4 Å².